The van der Waals surface area contributed by atoms with Crippen molar-refractivity contribution >= 4 is 33.0 Å². The maximum atomic E-state index is 6.48. The Hall–Kier alpha value is -0.730. The molecule has 1 nitrogen and oxygen atoms in total. The van der Waals surface area contributed by atoms with Gasteiger partial charge >= 0.3 is 0 Å². The number of aryl methyl sites for hydroxylation is 2. The van der Waals surface area contributed by atoms with Gasteiger partial charge in [0, 0.05) is 9.58 Å². The fraction of sp³-hybridized carbons (Fsp3) is 0.429. The first-order valence-electron chi connectivity index (χ1n) is 6.08. The molecule has 1 aromatic heterocycles. The van der Waals surface area contributed by atoms with E-state index in [1.165, 1.54) is 15.1 Å². The van der Waals surface area contributed by atoms with Crippen LogP contribution in [0.25, 0.3) is 10.1 Å². The molecule has 0 bridgehead atoms. The quantitative estimate of drug-likeness (QED) is 0.751. The van der Waals surface area contributed by atoms with E-state index in [0.29, 0.717) is 6.61 Å². The highest BCUT2D eigenvalue weighted by molar-refractivity contribution is 7.19. The molecule has 0 N–H and O–H groups in total. The average Bonchev–Trinajstić information content (AvgIpc) is 2.69. The minimum atomic E-state index is 0.686. The molecule has 0 aliphatic rings. The maximum absolute atomic E-state index is 6.48. The number of ether oxygens (including phenoxy) is 1. The predicted octanol–water partition coefficient (Wildman–Crippen LogP) is 5.08. The maximum Gasteiger partial charge on any atom is 0.142 e. The van der Waals surface area contributed by atoms with Gasteiger partial charge in [0.25, 0.3) is 0 Å². The standard InChI is InChI=1S/C14H17ClOS/c1-4-9-7-8-11-12(13(9)15)14(16-6-3)10(5-2)17-11/h7-8H,4-6H2,1-3H3. The highest BCUT2D eigenvalue weighted by Crippen LogP contribution is 2.43. The van der Waals surface area contributed by atoms with Crippen molar-refractivity contribution in [2.75, 3.05) is 6.61 Å². The molecule has 0 unspecified atom stereocenters. The Labute approximate surface area is 111 Å². The minimum absolute atomic E-state index is 0.686. The van der Waals surface area contributed by atoms with Crippen molar-refractivity contribution in [3.63, 3.8) is 0 Å². The lowest BCUT2D eigenvalue weighted by molar-refractivity contribution is 0.342. The summed E-state index contributed by atoms with van der Waals surface area (Å²) in [4.78, 5) is 1.29. The van der Waals surface area contributed by atoms with Crippen LogP contribution in [0, 0.1) is 0 Å². The SMILES string of the molecule is CCOc1c(CC)sc2ccc(CC)c(Cl)c12. The monoisotopic (exact) mass is 268 g/mol. The van der Waals surface area contributed by atoms with Crippen molar-refractivity contribution < 1.29 is 4.74 Å². The van der Waals surface area contributed by atoms with Gasteiger partial charge in [-0.1, -0.05) is 31.5 Å². The highest BCUT2D eigenvalue weighted by Gasteiger charge is 2.16. The van der Waals surface area contributed by atoms with E-state index < -0.39 is 0 Å². The third kappa shape index (κ3) is 2.16. The molecule has 0 amide bonds. The van der Waals surface area contributed by atoms with Crippen LogP contribution < -0.4 is 4.74 Å². The lowest BCUT2D eigenvalue weighted by Crippen LogP contribution is -1.93. The van der Waals surface area contributed by atoms with E-state index in [1.807, 2.05) is 6.92 Å². The summed E-state index contributed by atoms with van der Waals surface area (Å²) >= 11 is 8.27. The Morgan fingerprint density at radius 3 is 2.53 bits per heavy atom. The van der Waals surface area contributed by atoms with Crippen LogP contribution in [0.2, 0.25) is 5.02 Å². The smallest absolute Gasteiger partial charge is 0.142 e. The van der Waals surface area contributed by atoms with Crippen molar-refractivity contribution in [1.82, 2.24) is 0 Å². The van der Waals surface area contributed by atoms with Crippen LogP contribution in [-0.2, 0) is 12.8 Å². The second-order valence-corrected chi connectivity index (χ2v) is 5.42. The lowest BCUT2D eigenvalue weighted by Gasteiger charge is -2.07. The molecular weight excluding hydrogens is 252 g/mol. The zero-order valence-electron chi connectivity index (χ0n) is 10.5. The number of hydrogen-bond donors (Lipinski definition) is 0. The Morgan fingerprint density at radius 1 is 1.18 bits per heavy atom. The van der Waals surface area contributed by atoms with E-state index in [0.717, 1.165) is 29.0 Å². The van der Waals surface area contributed by atoms with Gasteiger partial charge in [0.2, 0.25) is 0 Å². The summed E-state index contributed by atoms with van der Waals surface area (Å²) < 4.78 is 7.02. The first-order valence-corrected chi connectivity index (χ1v) is 7.27. The van der Waals surface area contributed by atoms with Crippen LogP contribution >= 0.6 is 22.9 Å². The van der Waals surface area contributed by atoms with Gasteiger partial charge in [-0.15, -0.1) is 11.3 Å². The highest BCUT2D eigenvalue weighted by atomic mass is 35.5. The molecule has 0 saturated carbocycles. The number of rotatable bonds is 4. The predicted molar refractivity (Wildman–Crippen MR) is 76.8 cm³/mol. The van der Waals surface area contributed by atoms with E-state index in [2.05, 4.69) is 26.0 Å². The summed E-state index contributed by atoms with van der Waals surface area (Å²) in [5, 5.41) is 1.97. The summed E-state index contributed by atoms with van der Waals surface area (Å²) in [5.41, 5.74) is 1.19. The Morgan fingerprint density at radius 2 is 1.94 bits per heavy atom. The number of halogens is 1. The van der Waals surface area contributed by atoms with Crippen LogP contribution in [0.15, 0.2) is 12.1 Å². The molecule has 3 heteroatoms. The number of fused-ring (bicyclic) bond motifs is 1. The molecular formula is C14H17ClOS. The second-order valence-electron chi connectivity index (χ2n) is 3.91. The lowest BCUT2D eigenvalue weighted by atomic mass is 10.1. The topological polar surface area (TPSA) is 9.23 Å². The summed E-state index contributed by atoms with van der Waals surface area (Å²) in [6.07, 6.45) is 1.95. The van der Waals surface area contributed by atoms with E-state index >= 15 is 0 Å². The largest absolute Gasteiger partial charge is 0.492 e. The molecule has 17 heavy (non-hydrogen) atoms. The molecule has 0 saturated heterocycles. The molecule has 0 spiro atoms. The zero-order valence-corrected chi connectivity index (χ0v) is 12.0. The van der Waals surface area contributed by atoms with Gasteiger partial charge < -0.3 is 4.74 Å². The number of thiophene rings is 1. The van der Waals surface area contributed by atoms with Crippen LogP contribution in [0.3, 0.4) is 0 Å². The van der Waals surface area contributed by atoms with E-state index in [4.69, 9.17) is 16.3 Å². The fourth-order valence-corrected chi connectivity index (χ4v) is 3.56. The Kier molecular flexibility index (Phi) is 3.95. The van der Waals surface area contributed by atoms with Crippen LogP contribution in [0.5, 0.6) is 5.75 Å². The van der Waals surface area contributed by atoms with Gasteiger partial charge in [-0.05, 0) is 31.4 Å². The van der Waals surface area contributed by atoms with Gasteiger partial charge in [0.05, 0.1) is 17.0 Å². The van der Waals surface area contributed by atoms with Gasteiger partial charge in [0.1, 0.15) is 5.75 Å². The fourth-order valence-electron chi connectivity index (χ4n) is 2.02. The third-order valence-corrected chi connectivity index (χ3v) is 4.60. The first kappa shape index (κ1) is 12.7. The number of benzene rings is 1. The summed E-state index contributed by atoms with van der Waals surface area (Å²) in [7, 11) is 0. The summed E-state index contributed by atoms with van der Waals surface area (Å²) in [5.74, 6) is 0.996. The first-order chi connectivity index (χ1) is 8.22. The molecule has 0 radical (unpaired) electrons. The van der Waals surface area contributed by atoms with Crippen molar-refractivity contribution in [3.05, 3.63) is 27.6 Å². The molecule has 0 atom stereocenters. The van der Waals surface area contributed by atoms with E-state index in [9.17, 15) is 0 Å². The normalized spacial score (nSPS) is 11.1. The molecule has 0 aliphatic carbocycles. The van der Waals surface area contributed by atoms with Gasteiger partial charge in [0.15, 0.2) is 0 Å². The molecule has 0 aliphatic heterocycles. The van der Waals surface area contributed by atoms with Crippen molar-refractivity contribution in [1.29, 1.82) is 0 Å². The van der Waals surface area contributed by atoms with Crippen LogP contribution in [0.1, 0.15) is 31.2 Å². The molecule has 0 fully saturated rings. The molecule has 1 heterocycles. The van der Waals surface area contributed by atoms with Gasteiger partial charge in [-0.3, -0.25) is 0 Å². The van der Waals surface area contributed by atoms with Crippen LogP contribution in [0.4, 0.5) is 0 Å². The average molecular weight is 269 g/mol. The van der Waals surface area contributed by atoms with E-state index in [-0.39, 0.29) is 0 Å². The Bertz CT molecular complexity index is 530. The summed E-state index contributed by atoms with van der Waals surface area (Å²) in [6.45, 7) is 6.98. The molecule has 2 aromatic rings. The van der Waals surface area contributed by atoms with Gasteiger partial charge in [-0.25, -0.2) is 0 Å². The van der Waals surface area contributed by atoms with E-state index in [1.54, 1.807) is 11.3 Å². The molecule has 2 rings (SSSR count). The van der Waals surface area contributed by atoms with Crippen molar-refractivity contribution in [3.8, 4) is 5.75 Å². The van der Waals surface area contributed by atoms with Crippen molar-refractivity contribution in [2.45, 2.75) is 33.6 Å². The van der Waals surface area contributed by atoms with Crippen LogP contribution in [-0.4, -0.2) is 6.61 Å². The second kappa shape index (κ2) is 5.28. The molecule has 1 aromatic carbocycles. The molecule has 92 valence electrons. The third-order valence-electron chi connectivity index (χ3n) is 2.89. The Balaban J connectivity index is 2.72. The zero-order chi connectivity index (χ0) is 12.4. The number of hydrogen-bond acceptors (Lipinski definition) is 2. The minimum Gasteiger partial charge on any atom is -0.492 e. The van der Waals surface area contributed by atoms with Crippen molar-refractivity contribution in [2.24, 2.45) is 0 Å². The van der Waals surface area contributed by atoms with Gasteiger partial charge in [-0.2, -0.15) is 0 Å². The summed E-state index contributed by atoms with van der Waals surface area (Å²) in [6, 6.07) is 4.28.